The molecule has 10 heavy (non-hydrogen) atoms. The molecule has 2 heteroatoms. The zero-order valence-corrected chi connectivity index (χ0v) is 7.49. The van der Waals surface area contributed by atoms with E-state index in [-0.39, 0.29) is 0 Å². The molecule has 0 fully saturated rings. The van der Waals surface area contributed by atoms with Gasteiger partial charge in [-0.1, -0.05) is 44.2 Å². The van der Waals surface area contributed by atoms with Gasteiger partial charge < -0.3 is 4.74 Å². The van der Waals surface area contributed by atoms with Crippen LogP contribution in [0.5, 0.6) is 0 Å². The lowest BCUT2D eigenvalue weighted by Crippen LogP contribution is -1.91. The van der Waals surface area contributed by atoms with Crippen LogP contribution in [-0.4, -0.2) is 12.7 Å². The quantitative estimate of drug-likeness (QED) is 0.415. The van der Waals surface area contributed by atoms with Gasteiger partial charge in [-0.15, -0.1) is 0 Å². The maximum Gasteiger partial charge on any atom is 0.120 e. The van der Waals surface area contributed by atoms with Crippen LogP contribution >= 0.6 is 11.6 Å². The molecule has 0 radical (unpaired) electrons. The van der Waals surface area contributed by atoms with E-state index in [4.69, 9.17) is 16.3 Å². The first-order valence-corrected chi connectivity index (χ1v) is 4.59. The van der Waals surface area contributed by atoms with Crippen molar-refractivity contribution < 1.29 is 4.74 Å². The largest absolute Gasteiger partial charge is 0.366 e. The molecule has 62 valence electrons. The maximum atomic E-state index is 5.32. The van der Waals surface area contributed by atoms with Crippen LogP contribution in [0.25, 0.3) is 0 Å². The Bertz CT molecular complexity index is 49.2. The Morgan fingerprint density at radius 2 is 1.80 bits per heavy atom. The van der Waals surface area contributed by atoms with E-state index in [1.807, 2.05) is 0 Å². The summed E-state index contributed by atoms with van der Waals surface area (Å²) >= 11 is 5.32. The predicted octanol–water partition coefficient (Wildman–Crippen LogP) is 3.17. The highest BCUT2D eigenvalue weighted by Crippen LogP contribution is 2.02. The lowest BCUT2D eigenvalue weighted by Gasteiger charge is -1.98. The zero-order chi connectivity index (χ0) is 7.66. The topological polar surface area (TPSA) is 9.23 Å². The summed E-state index contributed by atoms with van der Waals surface area (Å²) in [5.74, 6) is 0. The van der Waals surface area contributed by atoms with Crippen molar-refractivity contribution in [2.45, 2.75) is 39.0 Å². The molecule has 0 heterocycles. The van der Waals surface area contributed by atoms with Gasteiger partial charge in [-0.2, -0.15) is 0 Å². The molecule has 0 aromatic rings. The minimum atomic E-state index is 0.341. The number of ether oxygens (including phenoxy) is 1. The first-order chi connectivity index (χ1) is 4.91. The number of hydrogen-bond acceptors (Lipinski definition) is 1. The smallest absolute Gasteiger partial charge is 0.120 e. The van der Waals surface area contributed by atoms with Gasteiger partial charge >= 0.3 is 0 Å². The zero-order valence-electron chi connectivity index (χ0n) is 6.74. The van der Waals surface area contributed by atoms with Crippen LogP contribution in [0.4, 0.5) is 0 Å². The van der Waals surface area contributed by atoms with Crippen molar-refractivity contribution in [2.75, 3.05) is 12.7 Å². The third-order valence-corrected chi connectivity index (χ3v) is 1.62. The summed E-state index contributed by atoms with van der Waals surface area (Å²) in [6.07, 6.45) is 6.43. The Morgan fingerprint density at radius 1 is 1.10 bits per heavy atom. The van der Waals surface area contributed by atoms with Gasteiger partial charge in [-0.05, 0) is 6.42 Å². The Kier molecular flexibility index (Phi) is 9.48. The van der Waals surface area contributed by atoms with Crippen molar-refractivity contribution in [1.29, 1.82) is 0 Å². The monoisotopic (exact) mass is 164 g/mol. The highest BCUT2D eigenvalue weighted by atomic mass is 35.5. The normalized spacial score (nSPS) is 10.2. The second kappa shape index (κ2) is 9.25. The van der Waals surface area contributed by atoms with Crippen molar-refractivity contribution in [2.24, 2.45) is 0 Å². The average Bonchev–Trinajstić information content (AvgIpc) is 1.97. The fourth-order valence-electron chi connectivity index (χ4n) is 0.862. The number of halogens is 1. The number of unbranched alkanes of at least 4 members (excludes halogenated alkanes) is 4. The molecule has 0 unspecified atom stereocenters. The number of rotatable bonds is 7. The van der Waals surface area contributed by atoms with E-state index in [2.05, 4.69) is 6.92 Å². The van der Waals surface area contributed by atoms with Crippen LogP contribution in [0.3, 0.4) is 0 Å². The summed E-state index contributed by atoms with van der Waals surface area (Å²) in [5.41, 5.74) is 0. The summed E-state index contributed by atoms with van der Waals surface area (Å²) in [6, 6.07) is 0.341. The van der Waals surface area contributed by atoms with E-state index < -0.39 is 0 Å². The van der Waals surface area contributed by atoms with Gasteiger partial charge in [0.2, 0.25) is 0 Å². The molecule has 1 nitrogen and oxygen atoms in total. The van der Waals surface area contributed by atoms with Crippen LogP contribution in [0.15, 0.2) is 0 Å². The predicted molar refractivity (Wildman–Crippen MR) is 45.4 cm³/mol. The summed E-state index contributed by atoms with van der Waals surface area (Å²) < 4.78 is 4.98. The summed E-state index contributed by atoms with van der Waals surface area (Å²) in [7, 11) is 0. The van der Waals surface area contributed by atoms with E-state index in [1.54, 1.807) is 0 Å². The third-order valence-electron chi connectivity index (χ3n) is 1.47. The van der Waals surface area contributed by atoms with E-state index in [0.717, 1.165) is 13.0 Å². The number of alkyl halides is 1. The van der Waals surface area contributed by atoms with Gasteiger partial charge in [0.15, 0.2) is 0 Å². The standard InChI is InChI=1S/C8H17ClO/c1-2-3-4-5-6-7-10-8-9/h2-8H2,1H3. The van der Waals surface area contributed by atoms with E-state index >= 15 is 0 Å². The second-order valence-corrected chi connectivity index (χ2v) is 2.65. The van der Waals surface area contributed by atoms with Crippen molar-refractivity contribution in [1.82, 2.24) is 0 Å². The highest BCUT2D eigenvalue weighted by Gasteiger charge is 1.87. The molecule has 0 aliphatic rings. The molecule has 0 aromatic heterocycles. The molecule has 0 amide bonds. The van der Waals surface area contributed by atoms with Gasteiger partial charge in [0.05, 0.1) is 0 Å². The summed E-state index contributed by atoms with van der Waals surface area (Å²) in [6.45, 7) is 3.04. The molecular formula is C8H17ClO. The fourth-order valence-corrected chi connectivity index (χ4v) is 0.971. The highest BCUT2D eigenvalue weighted by molar-refractivity contribution is 6.17. The molecule has 0 rings (SSSR count). The lowest BCUT2D eigenvalue weighted by atomic mass is 10.2. The van der Waals surface area contributed by atoms with Crippen LogP contribution in [0, 0.1) is 0 Å². The molecule has 0 spiro atoms. The van der Waals surface area contributed by atoms with Crippen molar-refractivity contribution in [3.05, 3.63) is 0 Å². The van der Waals surface area contributed by atoms with Crippen molar-refractivity contribution in [3.8, 4) is 0 Å². The first-order valence-electron chi connectivity index (χ1n) is 4.05. The first kappa shape index (κ1) is 10.2. The maximum absolute atomic E-state index is 5.32. The minimum absolute atomic E-state index is 0.341. The molecular weight excluding hydrogens is 148 g/mol. The molecule has 0 atom stereocenters. The van der Waals surface area contributed by atoms with Gasteiger partial charge in [0, 0.05) is 6.61 Å². The third kappa shape index (κ3) is 8.25. The molecule has 0 bridgehead atoms. The molecule has 0 aliphatic heterocycles. The Labute approximate surface area is 68.7 Å². The van der Waals surface area contributed by atoms with Crippen molar-refractivity contribution >= 4 is 11.6 Å². The van der Waals surface area contributed by atoms with Crippen LogP contribution in [0.1, 0.15) is 39.0 Å². The molecule has 0 aliphatic carbocycles. The molecule has 0 N–H and O–H groups in total. The SMILES string of the molecule is CCCCCCCOCCl. The average molecular weight is 165 g/mol. The van der Waals surface area contributed by atoms with Gasteiger partial charge in [0.25, 0.3) is 0 Å². The Morgan fingerprint density at radius 3 is 2.40 bits per heavy atom. The van der Waals surface area contributed by atoms with E-state index in [9.17, 15) is 0 Å². The number of hydrogen-bond donors (Lipinski definition) is 0. The molecule has 0 saturated carbocycles. The van der Waals surface area contributed by atoms with Gasteiger partial charge in [-0.3, -0.25) is 0 Å². The Hall–Kier alpha value is 0.250. The fraction of sp³-hybridized carbons (Fsp3) is 1.00. The van der Waals surface area contributed by atoms with E-state index in [1.165, 1.54) is 25.7 Å². The summed E-state index contributed by atoms with van der Waals surface area (Å²) in [5, 5.41) is 0. The Balaban J connectivity index is 2.65. The van der Waals surface area contributed by atoms with Gasteiger partial charge in [0.1, 0.15) is 6.07 Å². The molecule has 0 saturated heterocycles. The van der Waals surface area contributed by atoms with Crippen molar-refractivity contribution in [3.63, 3.8) is 0 Å². The summed E-state index contributed by atoms with van der Waals surface area (Å²) in [4.78, 5) is 0. The minimum Gasteiger partial charge on any atom is -0.366 e. The van der Waals surface area contributed by atoms with Crippen LogP contribution in [-0.2, 0) is 4.74 Å². The van der Waals surface area contributed by atoms with E-state index in [0.29, 0.717) is 6.07 Å². The van der Waals surface area contributed by atoms with Gasteiger partial charge in [-0.25, -0.2) is 0 Å². The van der Waals surface area contributed by atoms with Crippen LogP contribution < -0.4 is 0 Å². The van der Waals surface area contributed by atoms with Crippen LogP contribution in [0.2, 0.25) is 0 Å². The lowest BCUT2D eigenvalue weighted by molar-refractivity contribution is 0.173. The second-order valence-electron chi connectivity index (χ2n) is 2.43. The molecule has 0 aromatic carbocycles.